The molecule has 1 amide bonds. The van der Waals surface area contributed by atoms with Gasteiger partial charge in [-0.1, -0.05) is 18.2 Å². The molecule has 1 aromatic carbocycles. The number of hydrogen-bond donors (Lipinski definition) is 2. The molecule has 2 N–H and O–H groups in total. The number of fused-ring (bicyclic) bond motifs is 2. The van der Waals surface area contributed by atoms with Gasteiger partial charge in [-0.2, -0.15) is 0 Å². The van der Waals surface area contributed by atoms with Gasteiger partial charge in [0, 0.05) is 44.3 Å². The van der Waals surface area contributed by atoms with E-state index in [0.717, 1.165) is 50.4 Å². The van der Waals surface area contributed by atoms with Gasteiger partial charge >= 0.3 is 0 Å². The van der Waals surface area contributed by atoms with Gasteiger partial charge in [-0.3, -0.25) is 9.69 Å². The van der Waals surface area contributed by atoms with Gasteiger partial charge in [0.15, 0.2) is 0 Å². The smallest absolute Gasteiger partial charge is 0.238 e. The highest BCUT2D eigenvalue weighted by molar-refractivity contribution is 5.82. The molecule has 2 fully saturated rings. The van der Waals surface area contributed by atoms with Gasteiger partial charge in [-0.05, 0) is 19.4 Å². The highest BCUT2D eigenvalue weighted by atomic mass is 16.5. The number of carbonyl (C=O) groups excluding carboxylic acids is 1. The highest BCUT2D eigenvalue weighted by Crippen LogP contribution is 2.31. The number of hydrogen-bond acceptors (Lipinski definition) is 5. The quantitative estimate of drug-likeness (QED) is 0.855. The van der Waals surface area contributed by atoms with Crippen LogP contribution in [0.5, 0.6) is 5.75 Å². The Bertz CT molecular complexity index is 624. The van der Waals surface area contributed by atoms with E-state index >= 15 is 0 Å². The first-order chi connectivity index (χ1) is 12.2. The van der Waals surface area contributed by atoms with E-state index in [9.17, 15) is 4.79 Å². The Balaban J connectivity index is 1.37. The molecule has 0 spiro atoms. The summed E-state index contributed by atoms with van der Waals surface area (Å²) in [6.07, 6.45) is 2.18. The van der Waals surface area contributed by atoms with E-state index in [4.69, 9.17) is 9.47 Å². The lowest BCUT2D eigenvalue weighted by molar-refractivity contribution is -0.125. The summed E-state index contributed by atoms with van der Waals surface area (Å²) in [5.41, 5.74) is 1.08. The maximum Gasteiger partial charge on any atom is 0.238 e. The fourth-order valence-electron chi connectivity index (χ4n) is 4.25. The minimum absolute atomic E-state index is 0.0340. The Morgan fingerprint density at radius 1 is 1.40 bits per heavy atom. The molecule has 25 heavy (non-hydrogen) atoms. The van der Waals surface area contributed by atoms with Crippen molar-refractivity contribution >= 4 is 5.91 Å². The van der Waals surface area contributed by atoms with Crippen LogP contribution in [0.4, 0.5) is 0 Å². The largest absolute Gasteiger partial charge is 0.493 e. The van der Waals surface area contributed by atoms with Crippen LogP contribution in [0.25, 0.3) is 0 Å². The molecule has 3 aliphatic rings. The second-order valence-electron chi connectivity index (χ2n) is 7.12. The number of benzene rings is 1. The molecule has 4 atom stereocenters. The lowest BCUT2D eigenvalue weighted by Crippen LogP contribution is -2.59. The number of piperazine rings is 1. The molecule has 4 rings (SSSR count). The third-order valence-electron chi connectivity index (χ3n) is 5.50. The Kier molecular flexibility index (Phi) is 4.92. The highest BCUT2D eigenvalue weighted by Gasteiger charge is 2.39. The summed E-state index contributed by atoms with van der Waals surface area (Å²) in [5, 5.41) is 6.65. The van der Waals surface area contributed by atoms with Crippen LogP contribution in [-0.4, -0.2) is 61.8 Å². The first-order valence-corrected chi connectivity index (χ1v) is 9.35. The summed E-state index contributed by atoms with van der Waals surface area (Å²) < 4.78 is 11.5. The first-order valence-electron chi connectivity index (χ1n) is 9.35. The third kappa shape index (κ3) is 3.52. The Hall–Kier alpha value is -1.63. The van der Waals surface area contributed by atoms with Crippen molar-refractivity contribution in [1.29, 1.82) is 0 Å². The maximum atomic E-state index is 12.8. The van der Waals surface area contributed by atoms with Gasteiger partial charge in [0.1, 0.15) is 5.75 Å². The predicted molar refractivity (Wildman–Crippen MR) is 94.6 cm³/mol. The lowest BCUT2D eigenvalue weighted by atomic mass is 10.00. The maximum absolute atomic E-state index is 12.8. The van der Waals surface area contributed by atoms with Crippen LogP contribution >= 0.6 is 0 Å². The van der Waals surface area contributed by atoms with Crippen LogP contribution in [0.1, 0.15) is 31.4 Å². The summed E-state index contributed by atoms with van der Waals surface area (Å²) in [7, 11) is 0. The van der Waals surface area contributed by atoms with Crippen molar-refractivity contribution in [2.75, 3.05) is 32.8 Å². The monoisotopic (exact) mass is 345 g/mol. The van der Waals surface area contributed by atoms with Crippen LogP contribution in [0.2, 0.25) is 0 Å². The molecule has 6 heteroatoms. The Morgan fingerprint density at radius 2 is 2.28 bits per heavy atom. The van der Waals surface area contributed by atoms with Crippen molar-refractivity contribution in [1.82, 2.24) is 15.5 Å². The molecular weight excluding hydrogens is 318 g/mol. The molecule has 0 aliphatic carbocycles. The van der Waals surface area contributed by atoms with E-state index in [0.29, 0.717) is 18.8 Å². The normalized spacial score (nSPS) is 31.7. The second kappa shape index (κ2) is 7.32. The van der Waals surface area contributed by atoms with E-state index in [-0.39, 0.29) is 18.0 Å². The van der Waals surface area contributed by atoms with E-state index in [2.05, 4.69) is 15.5 Å². The number of para-hydroxylation sites is 1. The number of ether oxygens (including phenoxy) is 2. The van der Waals surface area contributed by atoms with E-state index in [1.54, 1.807) is 0 Å². The molecule has 3 aliphatic heterocycles. The number of rotatable bonds is 4. The van der Waals surface area contributed by atoms with Crippen molar-refractivity contribution in [3.05, 3.63) is 29.8 Å². The molecular formula is C19H27N3O3. The van der Waals surface area contributed by atoms with Crippen LogP contribution in [0.15, 0.2) is 24.3 Å². The third-order valence-corrected chi connectivity index (χ3v) is 5.50. The molecule has 2 unspecified atom stereocenters. The van der Waals surface area contributed by atoms with Crippen LogP contribution in [0, 0.1) is 0 Å². The van der Waals surface area contributed by atoms with E-state index < -0.39 is 0 Å². The molecule has 1 aromatic rings. The van der Waals surface area contributed by atoms with Crippen LogP contribution < -0.4 is 15.4 Å². The van der Waals surface area contributed by atoms with Crippen molar-refractivity contribution in [3.8, 4) is 5.75 Å². The van der Waals surface area contributed by atoms with Crippen molar-refractivity contribution in [2.45, 2.75) is 44.0 Å². The van der Waals surface area contributed by atoms with Gasteiger partial charge in [0.2, 0.25) is 5.91 Å². The minimum Gasteiger partial charge on any atom is -0.493 e. The van der Waals surface area contributed by atoms with Crippen molar-refractivity contribution in [3.63, 3.8) is 0 Å². The average molecular weight is 345 g/mol. The van der Waals surface area contributed by atoms with Gasteiger partial charge in [-0.15, -0.1) is 0 Å². The second-order valence-corrected chi connectivity index (χ2v) is 7.12. The van der Waals surface area contributed by atoms with Crippen LogP contribution in [0.3, 0.4) is 0 Å². The van der Waals surface area contributed by atoms with Crippen molar-refractivity contribution in [2.24, 2.45) is 0 Å². The summed E-state index contributed by atoms with van der Waals surface area (Å²) >= 11 is 0. The first kappa shape index (κ1) is 16.8. The Morgan fingerprint density at radius 3 is 3.16 bits per heavy atom. The van der Waals surface area contributed by atoms with Crippen molar-refractivity contribution < 1.29 is 14.3 Å². The van der Waals surface area contributed by atoms with Gasteiger partial charge in [-0.25, -0.2) is 0 Å². The summed E-state index contributed by atoms with van der Waals surface area (Å²) in [6, 6.07) is 8.33. The number of carbonyl (C=O) groups is 1. The molecule has 6 nitrogen and oxygen atoms in total. The topological polar surface area (TPSA) is 62.8 Å². The Labute approximate surface area is 148 Å². The molecule has 3 heterocycles. The average Bonchev–Trinajstić information content (AvgIpc) is 3.04. The summed E-state index contributed by atoms with van der Waals surface area (Å²) in [6.45, 7) is 5.98. The van der Waals surface area contributed by atoms with Gasteiger partial charge in [0.05, 0.1) is 24.8 Å². The van der Waals surface area contributed by atoms with E-state index in [1.807, 2.05) is 31.2 Å². The zero-order valence-electron chi connectivity index (χ0n) is 14.7. The molecule has 0 radical (unpaired) electrons. The molecule has 2 saturated heterocycles. The van der Waals surface area contributed by atoms with E-state index in [1.165, 1.54) is 0 Å². The zero-order valence-corrected chi connectivity index (χ0v) is 14.7. The minimum atomic E-state index is -0.161. The molecule has 0 aromatic heterocycles. The predicted octanol–water partition coefficient (Wildman–Crippen LogP) is 1.08. The summed E-state index contributed by atoms with van der Waals surface area (Å²) in [4.78, 5) is 15.2. The summed E-state index contributed by atoms with van der Waals surface area (Å²) in [5.74, 6) is 0.967. The lowest BCUT2D eigenvalue weighted by Gasteiger charge is -2.36. The molecule has 136 valence electrons. The number of amides is 1. The zero-order chi connectivity index (χ0) is 17.2. The van der Waals surface area contributed by atoms with Crippen LogP contribution in [-0.2, 0) is 9.53 Å². The number of nitrogens with one attached hydrogen (secondary N) is 2. The molecule has 0 saturated carbocycles. The van der Waals surface area contributed by atoms with Gasteiger partial charge < -0.3 is 20.1 Å². The van der Waals surface area contributed by atoms with Gasteiger partial charge in [0.25, 0.3) is 0 Å². The SMILES string of the molecule is CCOC1C[C@@H]2CNC(C(=O)N[C@@H]3CCOc4ccccc43)CN2C1. The molecule has 0 bridgehead atoms. The number of nitrogens with zero attached hydrogens (tertiary/aromatic N) is 1. The fraction of sp³-hybridized carbons (Fsp3) is 0.632. The standard InChI is InChI=1S/C19H27N3O3/c1-2-24-14-9-13-10-20-17(12-22(13)11-14)19(23)21-16-7-8-25-18-6-4-3-5-15(16)18/h3-6,13-14,16-17,20H,2,7-12H2,1H3,(H,21,23)/t13-,14?,16-,17?/m1/s1. The fourth-order valence-corrected chi connectivity index (χ4v) is 4.25.